The van der Waals surface area contributed by atoms with Crippen LogP contribution in [0, 0.1) is 63.1 Å². The van der Waals surface area contributed by atoms with E-state index in [-0.39, 0.29) is 11.1 Å². The Bertz CT molecular complexity index is 2930. The lowest BCUT2D eigenvalue weighted by molar-refractivity contribution is 0.381. The van der Waals surface area contributed by atoms with Crippen LogP contribution in [0.25, 0.3) is 77.6 Å². The molecule has 11 heteroatoms. The standard InChI is InChI=1S/C42H17F5N6/c43-33-31(34(44)36(46)37(47)35(33)45)23-13-15-24(16-14-23)38-29-17-27(20-50)41-42(32(29)28-3-1-2-4-30(28)51-38)53-40(26-11-7-22(19-49)8-12-26)39(52-41)25-9-5-21(18-48)6-10-25/h1-17H. The molecule has 0 fully saturated rings. The summed E-state index contributed by atoms with van der Waals surface area (Å²) in [7, 11) is 0. The molecule has 0 amide bonds. The molecule has 0 aliphatic heterocycles. The second kappa shape index (κ2) is 12.6. The van der Waals surface area contributed by atoms with Crippen molar-refractivity contribution in [1.82, 2.24) is 15.0 Å². The van der Waals surface area contributed by atoms with Crippen LogP contribution in [0.15, 0.2) is 103 Å². The monoisotopic (exact) mass is 700 g/mol. The third-order valence-corrected chi connectivity index (χ3v) is 8.96. The number of halogens is 5. The van der Waals surface area contributed by atoms with Gasteiger partial charge in [-0.05, 0) is 42.0 Å². The van der Waals surface area contributed by atoms with Crippen molar-refractivity contribution >= 4 is 32.7 Å². The van der Waals surface area contributed by atoms with Crippen molar-refractivity contribution in [2.24, 2.45) is 0 Å². The Hall–Kier alpha value is -7.55. The van der Waals surface area contributed by atoms with Crippen LogP contribution in [0.4, 0.5) is 22.0 Å². The first-order valence-corrected chi connectivity index (χ1v) is 15.8. The van der Waals surface area contributed by atoms with Gasteiger partial charge in [0.15, 0.2) is 23.3 Å². The molecule has 0 aliphatic rings. The first-order chi connectivity index (χ1) is 25.7. The molecular weight excluding hydrogens is 683 g/mol. The molecule has 0 atom stereocenters. The molecule has 0 spiro atoms. The highest BCUT2D eigenvalue weighted by molar-refractivity contribution is 6.22. The van der Waals surface area contributed by atoms with E-state index in [9.17, 15) is 37.7 Å². The Morgan fingerprint density at radius 2 is 0.906 bits per heavy atom. The predicted molar refractivity (Wildman–Crippen MR) is 188 cm³/mol. The van der Waals surface area contributed by atoms with E-state index in [1.54, 1.807) is 66.7 Å². The average molecular weight is 701 g/mol. The zero-order chi connectivity index (χ0) is 37.0. The lowest BCUT2D eigenvalue weighted by atomic mass is 9.94. The Morgan fingerprint density at radius 3 is 1.45 bits per heavy atom. The van der Waals surface area contributed by atoms with Crippen LogP contribution < -0.4 is 0 Å². The van der Waals surface area contributed by atoms with E-state index in [1.807, 2.05) is 12.1 Å². The van der Waals surface area contributed by atoms with Crippen molar-refractivity contribution in [3.8, 4) is 63.1 Å². The number of pyridine rings is 1. The quantitative estimate of drug-likeness (QED) is 0.0782. The molecule has 2 heterocycles. The molecule has 0 saturated carbocycles. The second-order valence-electron chi connectivity index (χ2n) is 12.0. The predicted octanol–water partition coefficient (Wildman–Crippen LogP) is 10.3. The molecule has 8 rings (SSSR count). The fourth-order valence-corrected chi connectivity index (χ4v) is 6.40. The summed E-state index contributed by atoms with van der Waals surface area (Å²) in [6, 6.07) is 34.2. The average Bonchev–Trinajstić information content (AvgIpc) is 3.21. The summed E-state index contributed by atoms with van der Waals surface area (Å²) >= 11 is 0. The number of aromatic nitrogens is 3. The van der Waals surface area contributed by atoms with Crippen LogP contribution in [-0.4, -0.2) is 15.0 Å². The van der Waals surface area contributed by atoms with E-state index in [1.165, 1.54) is 24.3 Å². The Morgan fingerprint density at radius 1 is 0.434 bits per heavy atom. The van der Waals surface area contributed by atoms with E-state index >= 15 is 0 Å². The van der Waals surface area contributed by atoms with Gasteiger partial charge in [0.05, 0.1) is 62.5 Å². The van der Waals surface area contributed by atoms with Gasteiger partial charge in [0.25, 0.3) is 0 Å². The fraction of sp³-hybridized carbons (Fsp3) is 0. The van der Waals surface area contributed by atoms with Crippen molar-refractivity contribution < 1.29 is 22.0 Å². The maximum absolute atomic E-state index is 14.7. The summed E-state index contributed by atoms with van der Waals surface area (Å²) in [6.45, 7) is 0. The number of para-hydroxylation sites is 1. The molecule has 0 saturated heterocycles. The van der Waals surface area contributed by atoms with Gasteiger partial charge in [-0.2, -0.15) is 15.8 Å². The minimum Gasteiger partial charge on any atom is -0.247 e. The molecule has 0 N–H and O–H groups in total. The summed E-state index contributed by atoms with van der Waals surface area (Å²) in [5.41, 5.74) is 3.87. The zero-order valence-electron chi connectivity index (χ0n) is 26.9. The number of nitrogens with zero attached hydrogens (tertiary/aromatic N) is 6. The molecule has 0 bridgehead atoms. The Balaban J connectivity index is 1.43. The molecular formula is C42H17F5N6. The molecule has 2 aromatic heterocycles. The van der Waals surface area contributed by atoms with Gasteiger partial charge < -0.3 is 0 Å². The number of benzene rings is 6. The Kier molecular flexibility index (Phi) is 7.79. The zero-order valence-corrected chi connectivity index (χ0v) is 26.9. The summed E-state index contributed by atoms with van der Waals surface area (Å²) in [4.78, 5) is 15.1. The largest absolute Gasteiger partial charge is 0.247 e. The molecule has 250 valence electrons. The van der Waals surface area contributed by atoms with Gasteiger partial charge in [-0.15, -0.1) is 0 Å². The first-order valence-electron chi connectivity index (χ1n) is 15.8. The minimum atomic E-state index is -2.25. The highest BCUT2D eigenvalue weighted by atomic mass is 19.2. The van der Waals surface area contributed by atoms with E-state index in [0.29, 0.717) is 77.6 Å². The van der Waals surface area contributed by atoms with Gasteiger partial charge in [0.1, 0.15) is 11.6 Å². The van der Waals surface area contributed by atoms with E-state index < -0.39 is 34.6 Å². The van der Waals surface area contributed by atoms with Crippen molar-refractivity contribution in [3.63, 3.8) is 0 Å². The SMILES string of the molecule is N#Cc1ccc(-c2nc3c(C#N)cc4c(-c5ccc(-c6c(F)c(F)c(F)c(F)c6F)cc5)nc5ccccc5c4c3nc2-c2ccc(C#N)cc2)cc1. The fourth-order valence-electron chi connectivity index (χ4n) is 6.40. The van der Waals surface area contributed by atoms with Crippen molar-refractivity contribution in [2.45, 2.75) is 0 Å². The van der Waals surface area contributed by atoms with Crippen LogP contribution in [0.1, 0.15) is 16.7 Å². The van der Waals surface area contributed by atoms with Crippen molar-refractivity contribution in [1.29, 1.82) is 15.8 Å². The van der Waals surface area contributed by atoms with Gasteiger partial charge in [0, 0.05) is 32.8 Å². The summed E-state index contributed by atoms with van der Waals surface area (Å²) in [5.74, 6) is -10.3. The van der Waals surface area contributed by atoms with E-state index in [2.05, 4.69) is 18.2 Å². The molecule has 0 unspecified atom stereocenters. The number of rotatable bonds is 4. The molecule has 0 radical (unpaired) electrons. The smallest absolute Gasteiger partial charge is 0.200 e. The van der Waals surface area contributed by atoms with Gasteiger partial charge >= 0.3 is 0 Å². The second-order valence-corrected chi connectivity index (χ2v) is 12.0. The number of nitriles is 3. The molecule has 0 aliphatic carbocycles. The maximum atomic E-state index is 14.7. The maximum Gasteiger partial charge on any atom is 0.200 e. The van der Waals surface area contributed by atoms with Gasteiger partial charge in [-0.25, -0.2) is 36.9 Å². The Labute approximate surface area is 296 Å². The summed E-state index contributed by atoms with van der Waals surface area (Å²) < 4.78 is 71.2. The highest BCUT2D eigenvalue weighted by Crippen LogP contribution is 2.41. The lowest BCUT2D eigenvalue weighted by Crippen LogP contribution is -2.04. The summed E-state index contributed by atoms with van der Waals surface area (Å²) in [6.07, 6.45) is 0. The number of fused-ring (bicyclic) bond motifs is 5. The van der Waals surface area contributed by atoms with Gasteiger partial charge in [-0.1, -0.05) is 66.7 Å². The third kappa shape index (κ3) is 5.26. The number of hydrogen-bond donors (Lipinski definition) is 0. The van der Waals surface area contributed by atoms with Crippen LogP contribution in [0.2, 0.25) is 0 Å². The first kappa shape index (κ1) is 32.6. The van der Waals surface area contributed by atoms with Crippen LogP contribution in [0.5, 0.6) is 0 Å². The molecule has 53 heavy (non-hydrogen) atoms. The highest BCUT2D eigenvalue weighted by Gasteiger charge is 2.27. The van der Waals surface area contributed by atoms with Gasteiger partial charge in [0.2, 0.25) is 5.82 Å². The van der Waals surface area contributed by atoms with Crippen LogP contribution in [-0.2, 0) is 0 Å². The summed E-state index contributed by atoms with van der Waals surface area (Å²) in [5, 5.41) is 31.0. The normalized spacial score (nSPS) is 11.1. The lowest BCUT2D eigenvalue weighted by Gasteiger charge is -2.16. The van der Waals surface area contributed by atoms with Gasteiger partial charge in [-0.3, -0.25) is 0 Å². The van der Waals surface area contributed by atoms with Crippen molar-refractivity contribution in [3.05, 3.63) is 149 Å². The topological polar surface area (TPSA) is 110 Å². The molecule has 6 aromatic carbocycles. The molecule has 6 nitrogen and oxygen atoms in total. The third-order valence-electron chi connectivity index (χ3n) is 8.96. The van der Waals surface area contributed by atoms with Crippen LogP contribution in [0.3, 0.4) is 0 Å². The van der Waals surface area contributed by atoms with E-state index in [0.717, 1.165) is 0 Å². The van der Waals surface area contributed by atoms with Crippen LogP contribution >= 0.6 is 0 Å². The minimum absolute atomic E-state index is 0.164. The molecule has 8 aromatic rings. The van der Waals surface area contributed by atoms with E-state index in [4.69, 9.17) is 15.0 Å². The number of hydrogen-bond acceptors (Lipinski definition) is 6. The van der Waals surface area contributed by atoms with Crippen molar-refractivity contribution in [2.75, 3.05) is 0 Å².